The summed E-state index contributed by atoms with van der Waals surface area (Å²) in [6.07, 6.45) is 11.7. The van der Waals surface area contributed by atoms with Gasteiger partial charge in [0.05, 0.1) is 23.7 Å². The predicted molar refractivity (Wildman–Crippen MR) is 113 cm³/mol. The zero-order valence-electron chi connectivity index (χ0n) is 16.8. The molecule has 2 saturated heterocycles. The van der Waals surface area contributed by atoms with Crippen molar-refractivity contribution in [3.8, 4) is 0 Å². The fraction of sp³-hybridized carbons (Fsp3) is 0.545. The maximum absolute atomic E-state index is 13.1. The molecule has 6 heteroatoms. The molecule has 2 aromatic rings. The Morgan fingerprint density at radius 1 is 1.11 bits per heavy atom. The summed E-state index contributed by atoms with van der Waals surface area (Å²) >= 11 is 0. The Hall–Kier alpha value is -2.50. The Balaban J connectivity index is 1.46. The van der Waals surface area contributed by atoms with E-state index < -0.39 is 0 Å². The number of hydrogen-bond acceptors (Lipinski definition) is 3. The Labute approximate surface area is 167 Å². The van der Waals surface area contributed by atoms with Crippen LogP contribution in [-0.4, -0.2) is 46.7 Å². The van der Waals surface area contributed by atoms with Crippen LogP contribution in [-0.2, 0) is 0 Å². The first kappa shape index (κ1) is 18.8. The minimum Gasteiger partial charge on any atom is -0.370 e. The van der Waals surface area contributed by atoms with Crippen molar-refractivity contribution < 1.29 is 4.79 Å². The minimum absolute atomic E-state index is 0.000660. The molecule has 1 aromatic carbocycles. The molecule has 2 amide bonds. The van der Waals surface area contributed by atoms with Crippen LogP contribution in [0.15, 0.2) is 43.0 Å². The largest absolute Gasteiger partial charge is 0.370 e. The normalized spacial score (nSPS) is 23.3. The van der Waals surface area contributed by atoms with Crippen LogP contribution in [0.3, 0.4) is 0 Å². The lowest BCUT2D eigenvalue weighted by Crippen LogP contribution is -2.45. The molecule has 0 bridgehead atoms. The summed E-state index contributed by atoms with van der Waals surface area (Å²) in [6, 6.07) is 8.50. The number of carbonyl (C=O) groups excluding carboxylic acids is 1. The van der Waals surface area contributed by atoms with E-state index in [-0.39, 0.29) is 12.1 Å². The van der Waals surface area contributed by atoms with Crippen molar-refractivity contribution in [1.82, 2.24) is 14.5 Å². The second-order valence-corrected chi connectivity index (χ2v) is 8.14. The maximum Gasteiger partial charge on any atom is 0.321 e. The van der Waals surface area contributed by atoms with Gasteiger partial charge in [-0.1, -0.05) is 31.9 Å². The van der Waals surface area contributed by atoms with Crippen LogP contribution in [0.5, 0.6) is 0 Å². The molecule has 28 heavy (non-hydrogen) atoms. The van der Waals surface area contributed by atoms with Crippen LogP contribution in [0.1, 0.15) is 45.1 Å². The minimum atomic E-state index is -0.000660. The van der Waals surface area contributed by atoms with Crippen molar-refractivity contribution in [3.05, 3.63) is 43.0 Å². The number of nitrogens with zero attached hydrogens (tertiary/aromatic N) is 4. The summed E-state index contributed by atoms with van der Waals surface area (Å²) < 4.78 is 2.13. The number of hydrogen-bond donors (Lipinski definition) is 1. The summed E-state index contributed by atoms with van der Waals surface area (Å²) in [4.78, 5) is 21.6. The van der Waals surface area contributed by atoms with E-state index in [0.717, 1.165) is 44.0 Å². The van der Waals surface area contributed by atoms with Crippen molar-refractivity contribution in [2.45, 2.75) is 45.1 Å². The zero-order valence-corrected chi connectivity index (χ0v) is 16.8. The van der Waals surface area contributed by atoms with Gasteiger partial charge in [-0.25, -0.2) is 9.78 Å². The van der Waals surface area contributed by atoms with Crippen LogP contribution in [0.4, 0.5) is 16.2 Å². The molecule has 1 N–H and O–H groups in total. The summed E-state index contributed by atoms with van der Waals surface area (Å²) in [6.45, 7) is 5.90. The third-order valence-electron chi connectivity index (χ3n) is 6.21. The number of carbonyl (C=O) groups is 1. The van der Waals surface area contributed by atoms with Gasteiger partial charge in [0.2, 0.25) is 0 Å². The average Bonchev–Trinajstić information content (AvgIpc) is 3.11. The third-order valence-corrected chi connectivity index (χ3v) is 6.21. The van der Waals surface area contributed by atoms with Crippen molar-refractivity contribution in [1.29, 1.82) is 0 Å². The average molecular weight is 382 g/mol. The molecule has 3 heterocycles. The van der Waals surface area contributed by atoms with Crippen LogP contribution in [0.25, 0.3) is 0 Å². The van der Waals surface area contributed by atoms with Gasteiger partial charge >= 0.3 is 6.03 Å². The number of piperidine rings is 1. The number of rotatable bonds is 3. The maximum atomic E-state index is 13.1. The molecular weight excluding hydrogens is 350 g/mol. The second-order valence-electron chi connectivity index (χ2n) is 8.14. The Morgan fingerprint density at radius 3 is 2.64 bits per heavy atom. The first-order valence-corrected chi connectivity index (χ1v) is 10.6. The summed E-state index contributed by atoms with van der Waals surface area (Å²) in [7, 11) is 0. The van der Waals surface area contributed by atoms with Crippen molar-refractivity contribution in [2.24, 2.45) is 5.92 Å². The van der Waals surface area contributed by atoms with Crippen molar-refractivity contribution in [2.75, 3.05) is 36.4 Å². The SMILES string of the molecule is CC1CCN(C(=O)Nc2ccccc2N2CCCCCC2)CC1n1ccnc1. The fourth-order valence-corrected chi connectivity index (χ4v) is 4.45. The standard InChI is InChI=1S/C22H31N5O/c1-18-10-14-26(16-21(18)27-15-11-23-17-27)22(28)24-19-8-4-5-9-20(19)25-12-6-2-3-7-13-25/h4-5,8-9,11,15,17-18,21H,2-3,6-7,10,12-14,16H2,1H3,(H,24,28). The monoisotopic (exact) mass is 381 g/mol. The number of para-hydroxylation sites is 2. The van der Waals surface area contributed by atoms with E-state index >= 15 is 0 Å². The van der Waals surface area contributed by atoms with E-state index in [2.05, 4.69) is 38.8 Å². The number of anilines is 2. The van der Waals surface area contributed by atoms with Gasteiger partial charge in [-0.15, -0.1) is 0 Å². The Kier molecular flexibility index (Phi) is 5.84. The van der Waals surface area contributed by atoms with Gasteiger partial charge in [0.15, 0.2) is 0 Å². The quantitative estimate of drug-likeness (QED) is 0.858. The number of likely N-dealkylation sites (tertiary alicyclic amines) is 1. The number of imidazole rings is 1. The van der Waals surface area contributed by atoms with Gasteiger partial charge in [0.25, 0.3) is 0 Å². The zero-order chi connectivity index (χ0) is 19.3. The topological polar surface area (TPSA) is 53.4 Å². The molecular formula is C22H31N5O. The lowest BCUT2D eigenvalue weighted by Gasteiger charge is -2.37. The second kappa shape index (κ2) is 8.67. The highest BCUT2D eigenvalue weighted by atomic mass is 16.2. The van der Waals surface area contributed by atoms with E-state index in [4.69, 9.17) is 0 Å². The molecule has 2 aliphatic rings. The van der Waals surface area contributed by atoms with Crippen molar-refractivity contribution >= 4 is 17.4 Å². The van der Waals surface area contributed by atoms with E-state index in [1.807, 2.05) is 35.8 Å². The number of nitrogens with one attached hydrogen (secondary N) is 1. The lowest BCUT2D eigenvalue weighted by atomic mass is 9.93. The summed E-state index contributed by atoms with van der Waals surface area (Å²) in [5.41, 5.74) is 2.07. The number of aromatic nitrogens is 2. The highest BCUT2D eigenvalue weighted by Crippen LogP contribution is 2.30. The highest BCUT2D eigenvalue weighted by molar-refractivity contribution is 5.93. The smallest absolute Gasteiger partial charge is 0.321 e. The number of amides is 2. The van der Waals surface area contributed by atoms with Gasteiger partial charge in [0, 0.05) is 38.6 Å². The van der Waals surface area contributed by atoms with E-state index in [1.165, 1.54) is 25.7 Å². The molecule has 2 fully saturated rings. The molecule has 0 aliphatic carbocycles. The van der Waals surface area contributed by atoms with Crippen LogP contribution in [0, 0.1) is 5.92 Å². The molecule has 4 rings (SSSR count). The van der Waals surface area contributed by atoms with Gasteiger partial charge in [0.1, 0.15) is 0 Å². The summed E-state index contributed by atoms with van der Waals surface area (Å²) in [5.74, 6) is 0.530. The van der Waals surface area contributed by atoms with Crippen LogP contribution >= 0.6 is 0 Å². The van der Waals surface area contributed by atoms with Gasteiger partial charge in [-0.05, 0) is 37.3 Å². The lowest BCUT2D eigenvalue weighted by molar-refractivity contribution is 0.149. The molecule has 1 aromatic heterocycles. The Morgan fingerprint density at radius 2 is 1.89 bits per heavy atom. The number of urea groups is 1. The van der Waals surface area contributed by atoms with Crippen molar-refractivity contribution in [3.63, 3.8) is 0 Å². The van der Waals surface area contributed by atoms with Gasteiger partial charge in [-0.2, -0.15) is 0 Å². The van der Waals surface area contributed by atoms with Gasteiger partial charge < -0.3 is 19.7 Å². The molecule has 0 spiro atoms. The van der Waals surface area contributed by atoms with Crippen LogP contribution in [0.2, 0.25) is 0 Å². The molecule has 6 nitrogen and oxygen atoms in total. The molecule has 2 aliphatic heterocycles. The predicted octanol–water partition coefficient (Wildman–Crippen LogP) is 4.38. The van der Waals surface area contributed by atoms with E-state index in [1.54, 1.807) is 0 Å². The molecule has 2 atom stereocenters. The first-order valence-electron chi connectivity index (χ1n) is 10.6. The Bertz CT molecular complexity index is 767. The van der Waals surface area contributed by atoms with Crippen LogP contribution < -0.4 is 10.2 Å². The van der Waals surface area contributed by atoms with E-state index in [0.29, 0.717) is 5.92 Å². The highest BCUT2D eigenvalue weighted by Gasteiger charge is 2.30. The fourth-order valence-electron chi connectivity index (χ4n) is 4.45. The third kappa shape index (κ3) is 4.16. The molecule has 150 valence electrons. The van der Waals surface area contributed by atoms with Gasteiger partial charge in [-0.3, -0.25) is 0 Å². The number of benzene rings is 1. The molecule has 0 radical (unpaired) electrons. The molecule has 2 unspecified atom stereocenters. The van der Waals surface area contributed by atoms with E-state index in [9.17, 15) is 4.79 Å². The summed E-state index contributed by atoms with van der Waals surface area (Å²) in [5, 5.41) is 3.20. The first-order chi connectivity index (χ1) is 13.7. The molecule has 0 saturated carbocycles.